The van der Waals surface area contributed by atoms with Gasteiger partial charge in [-0.25, -0.2) is 4.98 Å². The summed E-state index contributed by atoms with van der Waals surface area (Å²) in [6.07, 6.45) is 4.55. The van der Waals surface area contributed by atoms with Crippen LogP contribution >= 0.6 is 0 Å². The smallest absolute Gasteiger partial charge is 0.241 e. The molecule has 0 saturated heterocycles. The zero-order valence-electron chi connectivity index (χ0n) is 13.7. The molecule has 1 amide bonds. The largest absolute Gasteiger partial charge is 0.496 e. The van der Waals surface area contributed by atoms with Gasteiger partial charge in [-0.15, -0.1) is 0 Å². The van der Waals surface area contributed by atoms with Crippen molar-refractivity contribution in [2.24, 2.45) is 11.7 Å². The molecular weight excluding hydrogens is 294 g/mol. The van der Waals surface area contributed by atoms with Crippen molar-refractivity contribution in [2.75, 3.05) is 12.4 Å². The van der Waals surface area contributed by atoms with E-state index in [2.05, 4.69) is 24.1 Å². The van der Waals surface area contributed by atoms with Gasteiger partial charge in [0.05, 0.1) is 24.9 Å². The fraction of sp³-hybridized carbons (Fsp3) is 0.412. The molecule has 23 heavy (non-hydrogen) atoms. The highest BCUT2D eigenvalue weighted by Crippen LogP contribution is 2.32. The van der Waals surface area contributed by atoms with Gasteiger partial charge < -0.3 is 20.2 Å². The topological polar surface area (TPSA) is 90.4 Å². The number of rotatable bonds is 7. The molecule has 6 nitrogen and oxygen atoms in total. The van der Waals surface area contributed by atoms with Crippen LogP contribution in [0.1, 0.15) is 26.7 Å². The molecule has 0 unspecified atom stereocenters. The number of anilines is 1. The number of hydrogen-bond acceptors (Lipinski definition) is 5. The van der Waals surface area contributed by atoms with E-state index in [0.717, 1.165) is 12.0 Å². The Labute approximate surface area is 136 Å². The number of nitrogens with one attached hydrogen (secondary N) is 1. The molecule has 0 bridgehead atoms. The standard InChI is InChI=1S/C17H23N3O3/c1-11(2)4-7-14(18)17(21)20-12-5-6-13(15(8-12)22-3)16-9-19-10-23-16/h5-6,8-11,14H,4,7,18H2,1-3H3,(H,20,21)/t14-/m1/s1. The van der Waals surface area contributed by atoms with Crippen molar-refractivity contribution in [1.29, 1.82) is 0 Å². The van der Waals surface area contributed by atoms with E-state index in [1.54, 1.807) is 25.4 Å². The number of aromatic nitrogens is 1. The van der Waals surface area contributed by atoms with E-state index in [1.807, 2.05) is 6.07 Å². The highest BCUT2D eigenvalue weighted by atomic mass is 16.5. The summed E-state index contributed by atoms with van der Waals surface area (Å²) in [6.45, 7) is 4.22. The quantitative estimate of drug-likeness (QED) is 0.819. The van der Waals surface area contributed by atoms with Gasteiger partial charge in [0.1, 0.15) is 5.75 Å². The second kappa shape index (κ2) is 7.78. The third-order valence-corrected chi connectivity index (χ3v) is 3.56. The van der Waals surface area contributed by atoms with Crippen molar-refractivity contribution in [3.8, 4) is 17.1 Å². The fourth-order valence-electron chi connectivity index (χ4n) is 2.20. The molecule has 3 N–H and O–H groups in total. The summed E-state index contributed by atoms with van der Waals surface area (Å²) >= 11 is 0. The lowest BCUT2D eigenvalue weighted by molar-refractivity contribution is -0.117. The third-order valence-electron chi connectivity index (χ3n) is 3.56. The molecule has 1 aromatic carbocycles. The lowest BCUT2D eigenvalue weighted by atomic mass is 10.0. The second-order valence-corrected chi connectivity index (χ2v) is 5.85. The number of carbonyl (C=O) groups is 1. The monoisotopic (exact) mass is 317 g/mol. The van der Waals surface area contributed by atoms with Gasteiger partial charge in [-0.3, -0.25) is 4.79 Å². The number of ether oxygens (including phenoxy) is 1. The maximum Gasteiger partial charge on any atom is 0.241 e. The summed E-state index contributed by atoms with van der Waals surface area (Å²) in [7, 11) is 1.56. The normalized spacial score (nSPS) is 12.2. The van der Waals surface area contributed by atoms with Crippen LogP contribution in [-0.2, 0) is 4.79 Å². The van der Waals surface area contributed by atoms with Gasteiger partial charge in [-0.05, 0) is 30.9 Å². The van der Waals surface area contributed by atoms with E-state index in [4.69, 9.17) is 14.9 Å². The van der Waals surface area contributed by atoms with Crippen LogP contribution in [0.15, 0.2) is 35.2 Å². The minimum absolute atomic E-state index is 0.194. The van der Waals surface area contributed by atoms with E-state index in [9.17, 15) is 4.79 Å². The molecule has 2 aromatic rings. The number of nitrogens with zero attached hydrogens (tertiary/aromatic N) is 1. The number of nitrogens with two attached hydrogens (primary N) is 1. The maximum atomic E-state index is 12.1. The van der Waals surface area contributed by atoms with Gasteiger partial charge in [0.15, 0.2) is 12.2 Å². The van der Waals surface area contributed by atoms with Gasteiger partial charge in [0.25, 0.3) is 0 Å². The molecule has 0 saturated carbocycles. The number of benzene rings is 1. The number of oxazole rings is 1. The first-order valence-electron chi connectivity index (χ1n) is 7.64. The van der Waals surface area contributed by atoms with Crippen molar-refractivity contribution in [3.05, 3.63) is 30.8 Å². The molecule has 0 aliphatic carbocycles. The van der Waals surface area contributed by atoms with Gasteiger partial charge in [-0.2, -0.15) is 0 Å². The molecule has 124 valence electrons. The van der Waals surface area contributed by atoms with Gasteiger partial charge in [0, 0.05) is 11.8 Å². The van der Waals surface area contributed by atoms with E-state index < -0.39 is 6.04 Å². The highest BCUT2D eigenvalue weighted by Gasteiger charge is 2.16. The Morgan fingerprint density at radius 1 is 1.39 bits per heavy atom. The Balaban J connectivity index is 2.07. The van der Waals surface area contributed by atoms with Crippen molar-refractivity contribution >= 4 is 11.6 Å². The number of methoxy groups -OCH3 is 1. The molecule has 0 radical (unpaired) electrons. The summed E-state index contributed by atoms with van der Waals surface area (Å²) in [5, 5.41) is 2.82. The van der Waals surface area contributed by atoms with Gasteiger partial charge in [-0.1, -0.05) is 13.8 Å². The zero-order valence-corrected chi connectivity index (χ0v) is 13.7. The average molecular weight is 317 g/mol. The van der Waals surface area contributed by atoms with Crippen LogP contribution in [-0.4, -0.2) is 24.0 Å². The van der Waals surface area contributed by atoms with Crippen molar-refractivity contribution in [1.82, 2.24) is 4.98 Å². The van der Waals surface area contributed by atoms with Gasteiger partial charge in [0.2, 0.25) is 5.91 Å². The molecule has 0 aliphatic heterocycles. The van der Waals surface area contributed by atoms with Crippen molar-refractivity contribution in [2.45, 2.75) is 32.7 Å². The van der Waals surface area contributed by atoms with E-state index in [-0.39, 0.29) is 5.91 Å². The first-order chi connectivity index (χ1) is 11.0. The van der Waals surface area contributed by atoms with Crippen LogP contribution in [0.5, 0.6) is 5.75 Å². The lowest BCUT2D eigenvalue weighted by Gasteiger charge is -2.14. The van der Waals surface area contributed by atoms with E-state index >= 15 is 0 Å². The Morgan fingerprint density at radius 3 is 2.78 bits per heavy atom. The Morgan fingerprint density at radius 2 is 2.17 bits per heavy atom. The molecule has 1 heterocycles. The average Bonchev–Trinajstić information content (AvgIpc) is 3.06. The minimum Gasteiger partial charge on any atom is -0.496 e. The van der Waals surface area contributed by atoms with Crippen LogP contribution in [0.3, 0.4) is 0 Å². The van der Waals surface area contributed by atoms with E-state index in [0.29, 0.717) is 29.5 Å². The van der Waals surface area contributed by atoms with E-state index in [1.165, 1.54) is 6.39 Å². The van der Waals surface area contributed by atoms with Crippen LogP contribution in [0, 0.1) is 5.92 Å². The molecular formula is C17H23N3O3. The minimum atomic E-state index is -0.516. The summed E-state index contributed by atoms with van der Waals surface area (Å²) < 4.78 is 10.6. The predicted octanol–water partition coefficient (Wildman–Crippen LogP) is 3.05. The summed E-state index contributed by atoms with van der Waals surface area (Å²) in [5.41, 5.74) is 7.33. The first kappa shape index (κ1) is 17.0. The first-order valence-corrected chi connectivity index (χ1v) is 7.64. The molecule has 2 rings (SSSR count). The summed E-state index contributed by atoms with van der Waals surface area (Å²) in [5.74, 6) is 1.53. The molecule has 0 aliphatic rings. The molecule has 1 atom stereocenters. The van der Waals surface area contributed by atoms with Crippen LogP contribution in [0.4, 0.5) is 5.69 Å². The van der Waals surface area contributed by atoms with Crippen molar-refractivity contribution < 1.29 is 13.9 Å². The van der Waals surface area contributed by atoms with Crippen LogP contribution < -0.4 is 15.8 Å². The van der Waals surface area contributed by atoms with Gasteiger partial charge >= 0.3 is 0 Å². The predicted molar refractivity (Wildman–Crippen MR) is 89.2 cm³/mol. The Hall–Kier alpha value is -2.34. The van der Waals surface area contributed by atoms with Crippen LogP contribution in [0.2, 0.25) is 0 Å². The third kappa shape index (κ3) is 4.56. The number of amides is 1. The maximum absolute atomic E-state index is 12.1. The highest BCUT2D eigenvalue weighted by molar-refractivity contribution is 5.95. The SMILES string of the molecule is COc1cc(NC(=O)[C@H](N)CCC(C)C)ccc1-c1cnco1. The summed E-state index contributed by atoms with van der Waals surface area (Å²) in [4.78, 5) is 16.0. The molecule has 0 spiro atoms. The second-order valence-electron chi connectivity index (χ2n) is 5.85. The number of hydrogen-bond donors (Lipinski definition) is 2. The molecule has 0 fully saturated rings. The zero-order chi connectivity index (χ0) is 16.8. The Kier molecular flexibility index (Phi) is 5.76. The van der Waals surface area contributed by atoms with Crippen molar-refractivity contribution in [3.63, 3.8) is 0 Å². The fourth-order valence-corrected chi connectivity index (χ4v) is 2.20. The lowest BCUT2D eigenvalue weighted by Crippen LogP contribution is -2.35. The number of carbonyl (C=O) groups excluding carboxylic acids is 1. The molecule has 1 aromatic heterocycles. The Bertz CT molecular complexity index is 639. The van der Waals surface area contributed by atoms with Crippen LogP contribution in [0.25, 0.3) is 11.3 Å². The summed E-state index contributed by atoms with van der Waals surface area (Å²) in [6, 6.07) is 4.82. The molecule has 6 heteroatoms.